The summed E-state index contributed by atoms with van der Waals surface area (Å²) in [5.74, 6) is 1.98. The average Bonchev–Trinajstić information content (AvgIpc) is 2.27. The van der Waals surface area contributed by atoms with E-state index in [-0.39, 0.29) is 0 Å². The van der Waals surface area contributed by atoms with Crippen LogP contribution in [-0.2, 0) is 6.42 Å². The van der Waals surface area contributed by atoms with Crippen molar-refractivity contribution in [1.29, 1.82) is 0 Å². The molecule has 1 rings (SSSR count). The van der Waals surface area contributed by atoms with Crippen LogP contribution in [0, 0.1) is 5.92 Å². The first-order valence-corrected chi connectivity index (χ1v) is 7.46. The van der Waals surface area contributed by atoms with Gasteiger partial charge in [-0.3, -0.25) is 0 Å². The van der Waals surface area contributed by atoms with Crippen molar-refractivity contribution < 1.29 is 0 Å². The highest BCUT2D eigenvalue weighted by molar-refractivity contribution is 8.09. The third-order valence-electron chi connectivity index (χ3n) is 2.48. The number of hydrogen-bond donors (Lipinski definition) is 2. The molecule has 0 N–H and O–H groups in total. The summed E-state index contributed by atoms with van der Waals surface area (Å²) in [6, 6.07) is 8.49. The Labute approximate surface area is 108 Å². The van der Waals surface area contributed by atoms with E-state index in [1.807, 2.05) is 11.8 Å². The quantitative estimate of drug-likeness (QED) is 0.570. The minimum absolute atomic E-state index is 0.771. The maximum atomic E-state index is 4.29. The first kappa shape index (κ1) is 13.3. The molecular formula is C12H18S3. The van der Waals surface area contributed by atoms with Gasteiger partial charge in [-0.2, -0.15) is 24.4 Å². The minimum Gasteiger partial charge on any atom is -0.168 e. The third kappa shape index (κ3) is 5.23. The third-order valence-corrected chi connectivity index (χ3v) is 4.22. The molecule has 0 fully saturated rings. The van der Waals surface area contributed by atoms with Gasteiger partial charge in [0.1, 0.15) is 0 Å². The van der Waals surface area contributed by atoms with Crippen molar-refractivity contribution in [3.8, 4) is 0 Å². The molecule has 0 radical (unpaired) electrons. The molecule has 0 saturated heterocycles. The van der Waals surface area contributed by atoms with Gasteiger partial charge in [-0.15, -0.1) is 12.6 Å². The summed E-state index contributed by atoms with van der Waals surface area (Å²) >= 11 is 10.4. The van der Waals surface area contributed by atoms with Gasteiger partial charge in [-0.05, 0) is 35.8 Å². The van der Waals surface area contributed by atoms with Gasteiger partial charge in [0, 0.05) is 9.98 Å². The van der Waals surface area contributed by atoms with Crippen LogP contribution >= 0.6 is 37.0 Å². The van der Waals surface area contributed by atoms with E-state index in [0.29, 0.717) is 0 Å². The topological polar surface area (TPSA) is 0 Å². The molecule has 1 aromatic rings. The molecule has 0 heterocycles. The largest absolute Gasteiger partial charge is 0.168 e. The smallest absolute Gasteiger partial charge is 0.0361 e. The number of hydrogen-bond acceptors (Lipinski definition) is 3. The lowest BCUT2D eigenvalue weighted by Gasteiger charge is -2.13. The van der Waals surface area contributed by atoms with Crippen molar-refractivity contribution in [3.63, 3.8) is 0 Å². The van der Waals surface area contributed by atoms with Gasteiger partial charge >= 0.3 is 0 Å². The zero-order valence-electron chi connectivity index (χ0n) is 9.02. The Bertz CT molecular complexity index is 269. The fourth-order valence-corrected chi connectivity index (χ4v) is 2.76. The summed E-state index contributed by atoms with van der Waals surface area (Å²) in [5, 5.41) is 0.923. The zero-order chi connectivity index (χ0) is 11.1. The molecule has 1 atom stereocenters. The highest BCUT2D eigenvalue weighted by Crippen LogP contribution is 2.19. The molecular weight excluding hydrogens is 240 g/mol. The van der Waals surface area contributed by atoms with Crippen molar-refractivity contribution in [3.05, 3.63) is 29.8 Å². The summed E-state index contributed by atoms with van der Waals surface area (Å²) in [7, 11) is 0. The maximum Gasteiger partial charge on any atom is 0.0361 e. The van der Waals surface area contributed by atoms with Gasteiger partial charge in [0.05, 0.1) is 0 Å². The van der Waals surface area contributed by atoms with Crippen LogP contribution in [0.25, 0.3) is 0 Å². The van der Waals surface area contributed by atoms with Gasteiger partial charge < -0.3 is 0 Å². The van der Waals surface area contributed by atoms with Crippen LogP contribution in [0.2, 0.25) is 0 Å². The molecule has 0 nitrogen and oxygen atoms in total. The van der Waals surface area contributed by atoms with E-state index in [2.05, 4.69) is 56.4 Å². The monoisotopic (exact) mass is 258 g/mol. The molecule has 0 aliphatic carbocycles. The van der Waals surface area contributed by atoms with Crippen LogP contribution in [-0.4, -0.2) is 10.8 Å². The summed E-state index contributed by atoms with van der Waals surface area (Å²) < 4.78 is 0. The second-order valence-electron chi connectivity index (χ2n) is 3.64. The molecule has 0 bridgehead atoms. The van der Waals surface area contributed by atoms with Gasteiger partial charge in [0.15, 0.2) is 0 Å². The predicted octanol–water partition coefficient (Wildman–Crippen LogP) is 4.16. The predicted molar refractivity (Wildman–Crippen MR) is 77.5 cm³/mol. The molecule has 1 aromatic carbocycles. The van der Waals surface area contributed by atoms with Crippen LogP contribution in [0.15, 0.2) is 29.2 Å². The number of rotatable bonds is 6. The molecule has 0 aliphatic rings. The Morgan fingerprint density at radius 3 is 2.47 bits per heavy atom. The number of thioether (sulfide) groups is 1. The Balaban J connectivity index is 2.47. The average molecular weight is 258 g/mol. The molecule has 0 aliphatic heterocycles. The van der Waals surface area contributed by atoms with E-state index in [4.69, 9.17) is 0 Å². The normalized spacial score (nSPS) is 12.7. The van der Waals surface area contributed by atoms with E-state index in [1.165, 1.54) is 24.2 Å². The lowest BCUT2D eigenvalue weighted by Crippen LogP contribution is -2.06. The van der Waals surface area contributed by atoms with E-state index >= 15 is 0 Å². The lowest BCUT2D eigenvalue weighted by atomic mass is 9.99. The second-order valence-corrected chi connectivity index (χ2v) is 5.94. The number of thiol groups is 2. The Hall–Kier alpha value is 0.270. The lowest BCUT2D eigenvalue weighted by molar-refractivity contribution is 0.570. The summed E-state index contributed by atoms with van der Waals surface area (Å²) in [4.78, 5) is 1.04. The van der Waals surface area contributed by atoms with Crippen LogP contribution in [0.4, 0.5) is 0 Å². The maximum absolute atomic E-state index is 4.29. The van der Waals surface area contributed by atoms with Crippen molar-refractivity contribution in [2.45, 2.75) is 24.7 Å². The molecule has 84 valence electrons. The standard InChI is InChI=1S/C12H18S3/c1-2-10(8-15-9-13)7-11-3-5-12(14)6-4-11/h3-6,10,13-14H,2,7-9H2,1H3. The van der Waals surface area contributed by atoms with Crippen LogP contribution < -0.4 is 0 Å². The summed E-state index contributed by atoms with van der Waals surface area (Å²) in [5.41, 5.74) is 1.42. The van der Waals surface area contributed by atoms with E-state index in [1.54, 1.807) is 0 Å². The Morgan fingerprint density at radius 2 is 1.93 bits per heavy atom. The highest BCUT2D eigenvalue weighted by Gasteiger charge is 2.07. The Morgan fingerprint density at radius 1 is 1.27 bits per heavy atom. The van der Waals surface area contributed by atoms with Crippen LogP contribution in [0.3, 0.4) is 0 Å². The fraction of sp³-hybridized carbons (Fsp3) is 0.500. The Kier molecular flexibility index (Phi) is 6.69. The first-order valence-electron chi connectivity index (χ1n) is 5.22. The SMILES string of the molecule is CCC(CSCS)Cc1ccc(S)cc1. The van der Waals surface area contributed by atoms with Gasteiger partial charge in [0.2, 0.25) is 0 Å². The van der Waals surface area contributed by atoms with Crippen LogP contribution in [0.5, 0.6) is 0 Å². The molecule has 0 aromatic heterocycles. The van der Waals surface area contributed by atoms with E-state index < -0.39 is 0 Å². The van der Waals surface area contributed by atoms with Crippen molar-refractivity contribution in [2.24, 2.45) is 5.92 Å². The molecule has 1 unspecified atom stereocenters. The van der Waals surface area contributed by atoms with Crippen LogP contribution in [0.1, 0.15) is 18.9 Å². The molecule has 0 saturated carbocycles. The molecule has 3 heteroatoms. The van der Waals surface area contributed by atoms with Gasteiger partial charge in [0.25, 0.3) is 0 Å². The molecule has 0 amide bonds. The summed E-state index contributed by atoms with van der Waals surface area (Å²) in [6.45, 7) is 2.26. The number of benzene rings is 1. The highest BCUT2D eigenvalue weighted by atomic mass is 32.2. The van der Waals surface area contributed by atoms with Crippen molar-refractivity contribution in [2.75, 3.05) is 10.8 Å². The first-order chi connectivity index (χ1) is 7.26. The van der Waals surface area contributed by atoms with Gasteiger partial charge in [-0.25, -0.2) is 0 Å². The second kappa shape index (κ2) is 7.53. The fourth-order valence-electron chi connectivity index (χ4n) is 1.51. The minimum atomic E-state index is 0.771. The molecule has 15 heavy (non-hydrogen) atoms. The zero-order valence-corrected chi connectivity index (χ0v) is 11.6. The van der Waals surface area contributed by atoms with Gasteiger partial charge in [-0.1, -0.05) is 25.5 Å². The molecule has 0 spiro atoms. The van der Waals surface area contributed by atoms with Crippen molar-refractivity contribution in [1.82, 2.24) is 0 Å². The van der Waals surface area contributed by atoms with E-state index in [0.717, 1.165) is 15.9 Å². The summed E-state index contributed by atoms with van der Waals surface area (Å²) in [6.07, 6.45) is 2.41. The van der Waals surface area contributed by atoms with Crippen molar-refractivity contribution >= 4 is 37.0 Å². The van der Waals surface area contributed by atoms with E-state index in [9.17, 15) is 0 Å².